The Bertz CT molecular complexity index is 1230. The molecule has 0 spiro atoms. The second-order valence-corrected chi connectivity index (χ2v) is 11.7. The molecule has 0 fully saturated rings. The van der Waals surface area contributed by atoms with Crippen LogP contribution in [0, 0.1) is 0 Å². The van der Waals surface area contributed by atoms with Gasteiger partial charge in [-0.3, -0.25) is 4.79 Å². The maximum atomic E-state index is 13.1. The van der Waals surface area contributed by atoms with Crippen LogP contribution in [0.5, 0.6) is 23.0 Å². The SMILES string of the molecule is COc1cc(-c2ccc(C(=O)C(C)OCc3cc(C(C)(C)C)c(O)c(C(C)(C)C)c3)cc2)cc(OC)c1O. The minimum atomic E-state index is -0.653. The van der Waals surface area contributed by atoms with Gasteiger partial charge in [0.15, 0.2) is 17.3 Å². The Labute approximate surface area is 226 Å². The number of methoxy groups -OCH3 is 2. The summed E-state index contributed by atoms with van der Waals surface area (Å²) >= 11 is 0. The average Bonchev–Trinajstić information content (AvgIpc) is 2.86. The Balaban J connectivity index is 1.79. The fourth-order valence-corrected chi connectivity index (χ4v) is 4.34. The van der Waals surface area contributed by atoms with Gasteiger partial charge in [-0.05, 0) is 69.8 Å². The van der Waals surface area contributed by atoms with E-state index in [2.05, 4.69) is 41.5 Å². The molecule has 0 radical (unpaired) electrons. The average molecular weight is 521 g/mol. The molecule has 1 unspecified atom stereocenters. The van der Waals surface area contributed by atoms with Crippen LogP contribution in [0.25, 0.3) is 11.1 Å². The zero-order chi connectivity index (χ0) is 28.4. The third kappa shape index (κ3) is 6.30. The lowest BCUT2D eigenvalue weighted by Crippen LogP contribution is -2.22. The van der Waals surface area contributed by atoms with Crippen molar-refractivity contribution in [1.29, 1.82) is 0 Å². The van der Waals surface area contributed by atoms with Crippen molar-refractivity contribution in [3.05, 3.63) is 70.8 Å². The quantitative estimate of drug-likeness (QED) is 0.306. The van der Waals surface area contributed by atoms with E-state index in [0.717, 1.165) is 27.8 Å². The third-order valence-electron chi connectivity index (χ3n) is 6.64. The molecule has 0 aromatic heterocycles. The summed E-state index contributed by atoms with van der Waals surface area (Å²) < 4.78 is 16.5. The predicted molar refractivity (Wildman–Crippen MR) is 151 cm³/mol. The second-order valence-electron chi connectivity index (χ2n) is 11.7. The molecule has 3 aromatic rings. The van der Waals surface area contributed by atoms with Crippen molar-refractivity contribution >= 4 is 5.78 Å². The molecular weight excluding hydrogens is 480 g/mol. The number of ketones is 1. The van der Waals surface area contributed by atoms with Crippen LogP contribution in [0.1, 0.15) is 75.5 Å². The maximum absolute atomic E-state index is 13.1. The fourth-order valence-electron chi connectivity index (χ4n) is 4.34. The first-order valence-corrected chi connectivity index (χ1v) is 12.8. The van der Waals surface area contributed by atoms with Crippen molar-refractivity contribution in [1.82, 2.24) is 0 Å². The van der Waals surface area contributed by atoms with E-state index in [9.17, 15) is 15.0 Å². The van der Waals surface area contributed by atoms with E-state index in [4.69, 9.17) is 14.2 Å². The van der Waals surface area contributed by atoms with E-state index in [1.807, 2.05) is 24.3 Å². The van der Waals surface area contributed by atoms with Gasteiger partial charge in [0.05, 0.1) is 20.8 Å². The Kier molecular flexibility index (Phi) is 8.47. The van der Waals surface area contributed by atoms with E-state index < -0.39 is 6.10 Å². The lowest BCUT2D eigenvalue weighted by Gasteiger charge is -2.28. The summed E-state index contributed by atoms with van der Waals surface area (Å²) in [6.45, 7) is 14.4. The summed E-state index contributed by atoms with van der Waals surface area (Å²) in [5, 5.41) is 21.1. The van der Waals surface area contributed by atoms with Crippen LogP contribution in [0.15, 0.2) is 48.5 Å². The van der Waals surface area contributed by atoms with E-state index in [1.165, 1.54) is 14.2 Å². The molecule has 0 amide bonds. The van der Waals surface area contributed by atoms with Gasteiger partial charge in [-0.15, -0.1) is 0 Å². The van der Waals surface area contributed by atoms with Gasteiger partial charge in [-0.25, -0.2) is 0 Å². The molecule has 0 aliphatic heterocycles. The third-order valence-corrected chi connectivity index (χ3v) is 6.64. The van der Waals surface area contributed by atoms with Crippen LogP contribution < -0.4 is 9.47 Å². The first-order valence-electron chi connectivity index (χ1n) is 12.8. The molecule has 3 aromatic carbocycles. The van der Waals surface area contributed by atoms with Gasteiger partial charge in [0.1, 0.15) is 11.9 Å². The van der Waals surface area contributed by atoms with Crippen molar-refractivity contribution < 1.29 is 29.2 Å². The number of phenols is 2. The summed E-state index contributed by atoms with van der Waals surface area (Å²) in [7, 11) is 2.96. The van der Waals surface area contributed by atoms with E-state index in [1.54, 1.807) is 31.2 Å². The number of hydrogen-bond donors (Lipinski definition) is 2. The molecule has 0 aliphatic rings. The number of carbonyl (C=O) groups excluding carboxylic acids is 1. The topological polar surface area (TPSA) is 85.2 Å². The number of benzene rings is 3. The molecule has 0 saturated carbocycles. The highest BCUT2D eigenvalue weighted by Crippen LogP contribution is 2.41. The molecule has 204 valence electrons. The number of carbonyl (C=O) groups is 1. The Morgan fingerprint density at radius 3 is 1.66 bits per heavy atom. The molecule has 0 aliphatic carbocycles. The normalized spacial score (nSPS) is 12.8. The van der Waals surface area contributed by atoms with Crippen molar-refractivity contribution in [3.63, 3.8) is 0 Å². The molecule has 38 heavy (non-hydrogen) atoms. The van der Waals surface area contributed by atoms with Gasteiger partial charge < -0.3 is 24.4 Å². The van der Waals surface area contributed by atoms with E-state index in [0.29, 0.717) is 22.8 Å². The van der Waals surface area contributed by atoms with Crippen LogP contribution in [0.2, 0.25) is 0 Å². The molecular formula is C32H40O6. The lowest BCUT2D eigenvalue weighted by atomic mass is 9.78. The van der Waals surface area contributed by atoms with Crippen LogP contribution >= 0.6 is 0 Å². The smallest absolute Gasteiger partial charge is 0.200 e. The number of Topliss-reactive ketones (excluding diaryl/α,β-unsaturated/α-hetero) is 1. The van der Waals surface area contributed by atoms with Crippen molar-refractivity contribution in [2.24, 2.45) is 0 Å². The largest absolute Gasteiger partial charge is 0.507 e. The zero-order valence-electron chi connectivity index (χ0n) is 23.9. The van der Waals surface area contributed by atoms with Crippen LogP contribution in [0.3, 0.4) is 0 Å². The monoisotopic (exact) mass is 520 g/mol. The molecule has 1 atom stereocenters. The first-order chi connectivity index (χ1) is 17.7. The van der Waals surface area contributed by atoms with Crippen molar-refractivity contribution in [2.45, 2.75) is 72.0 Å². The Morgan fingerprint density at radius 2 is 1.24 bits per heavy atom. The van der Waals surface area contributed by atoms with Crippen molar-refractivity contribution in [2.75, 3.05) is 14.2 Å². The minimum Gasteiger partial charge on any atom is -0.507 e. The predicted octanol–water partition coefficient (Wildman–Crippen LogP) is 7.17. The van der Waals surface area contributed by atoms with Gasteiger partial charge in [0.25, 0.3) is 0 Å². The Hall–Kier alpha value is -3.51. The molecule has 6 nitrogen and oxygen atoms in total. The van der Waals surface area contributed by atoms with Crippen LogP contribution in [-0.4, -0.2) is 36.3 Å². The number of rotatable bonds is 8. The number of aromatic hydroxyl groups is 2. The highest BCUT2D eigenvalue weighted by atomic mass is 16.5. The molecule has 0 saturated heterocycles. The minimum absolute atomic E-state index is 0.0607. The Morgan fingerprint density at radius 1 is 0.763 bits per heavy atom. The molecule has 0 bridgehead atoms. The summed E-state index contributed by atoms with van der Waals surface area (Å²) in [5.74, 6) is 0.750. The summed E-state index contributed by atoms with van der Waals surface area (Å²) in [6, 6.07) is 14.6. The number of phenolic OH excluding ortho intramolecular Hbond substituents is 2. The van der Waals surface area contributed by atoms with Crippen molar-refractivity contribution in [3.8, 4) is 34.1 Å². The number of hydrogen-bond acceptors (Lipinski definition) is 6. The van der Waals surface area contributed by atoms with Gasteiger partial charge in [0.2, 0.25) is 5.75 Å². The first kappa shape index (κ1) is 29.1. The van der Waals surface area contributed by atoms with Gasteiger partial charge in [0, 0.05) is 5.56 Å². The van der Waals surface area contributed by atoms with Gasteiger partial charge in [-0.1, -0.05) is 65.8 Å². The van der Waals surface area contributed by atoms with Gasteiger partial charge in [-0.2, -0.15) is 0 Å². The lowest BCUT2D eigenvalue weighted by molar-refractivity contribution is 0.0411. The van der Waals surface area contributed by atoms with Crippen LogP contribution in [-0.2, 0) is 22.2 Å². The highest BCUT2D eigenvalue weighted by molar-refractivity contribution is 5.99. The van der Waals surface area contributed by atoms with Gasteiger partial charge >= 0.3 is 0 Å². The molecule has 3 rings (SSSR count). The summed E-state index contributed by atoms with van der Waals surface area (Å²) in [6.07, 6.45) is -0.653. The summed E-state index contributed by atoms with van der Waals surface area (Å²) in [4.78, 5) is 13.1. The van der Waals surface area contributed by atoms with E-state index >= 15 is 0 Å². The zero-order valence-corrected chi connectivity index (χ0v) is 23.9. The second kappa shape index (κ2) is 11.1. The standard InChI is InChI=1S/C32H40O6/c1-19(38-18-20-14-24(31(2,3)4)29(34)25(15-20)32(5,6)7)28(33)22-12-10-21(11-13-22)23-16-26(36-8)30(35)27(17-23)37-9/h10-17,19,34-35H,18H2,1-9H3. The molecule has 0 heterocycles. The molecule has 2 N–H and O–H groups in total. The van der Waals surface area contributed by atoms with Crippen LogP contribution in [0.4, 0.5) is 0 Å². The number of ether oxygens (including phenoxy) is 3. The summed E-state index contributed by atoms with van der Waals surface area (Å²) in [5.41, 5.74) is 4.33. The highest BCUT2D eigenvalue weighted by Gasteiger charge is 2.27. The maximum Gasteiger partial charge on any atom is 0.200 e. The molecule has 6 heteroatoms. The fraction of sp³-hybridized carbons (Fsp3) is 0.406. The van der Waals surface area contributed by atoms with E-state index in [-0.39, 0.29) is 29.0 Å².